The number of hydrogen-bond donors (Lipinski definition) is 5. The number of halogens is 1. The fraction of sp³-hybridized carbons (Fsp3) is 0.323. The van der Waals surface area contributed by atoms with Crippen molar-refractivity contribution in [2.45, 2.75) is 17.8 Å². The average Bonchev–Trinajstić information content (AvgIpc) is 2.99. The molecule has 49 heavy (non-hydrogen) atoms. The SMILES string of the molecule is C[N+](C)(C)CC(=O)[O-].I.O=C(Cc1ccccc1NC(=O)c1cc(=O)[nH]c(=O)[nH]1)NC1C(=O)N2C(C(=O)O)=C(CN3C=CC=CC3)CS[C@H]12. The average molecular weight is 810 g/mol. The van der Waals surface area contributed by atoms with Crippen molar-refractivity contribution in [2.75, 3.05) is 51.8 Å². The number of β-lactam (4-membered cyclic amide) rings is 1. The van der Waals surface area contributed by atoms with Crippen molar-refractivity contribution in [1.29, 1.82) is 0 Å². The number of amides is 3. The fourth-order valence-corrected chi connectivity index (χ4v) is 6.37. The van der Waals surface area contributed by atoms with E-state index in [1.54, 1.807) is 45.4 Å². The zero-order chi connectivity index (χ0) is 35.2. The van der Waals surface area contributed by atoms with Crippen LogP contribution in [0.5, 0.6) is 0 Å². The molecule has 16 nitrogen and oxygen atoms in total. The van der Waals surface area contributed by atoms with Gasteiger partial charge in [0.15, 0.2) is 0 Å². The van der Waals surface area contributed by atoms with Gasteiger partial charge in [-0.05, 0) is 29.5 Å². The molecule has 1 aromatic heterocycles. The Hall–Kier alpha value is -4.69. The number of nitrogens with zero attached hydrogens (tertiary/aromatic N) is 3. The van der Waals surface area contributed by atoms with Crippen LogP contribution in [0, 0.1) is 0 Å². The maximum Gasteiger partial charge on any atom is 0.352 e. The molecule has 3 amide bonds. The molecule has 3 aliphatic heterocycles. The number of anilines is 1. The molecular formula is C31H36IN7O9S. The van der Waals surface area contributed by atoms with Crippen molar-refractivity contribution in [3.05, 3.63) is 98.1 Å². The van der Waals surface area contributed by atoms with Crippen molar-refractivity contribution >= 4 is 71.1 Å². The highest BCUT2D eigenvalue weighted by atomic mass is 127. The van der Waals surface area contributed by atoms with Crippen LogP contribution in [0.3, 0.4) is 0 Å². The van der Waals surface area contributed by atoms with Gasteiger partial charge in [0.25, 0.3) is 17.4 Å². The van der Waals surface area contributed by atoms with Crippen molar-refractivity contribution in [3.8, 4) is 0 Å². The van der Waals surface area contributed by atoms with Gasteiger partial charge >= 0.3 is 11.7 Å². The summed E-state index contributed by atoms with van der Waals surface area (Å²) in [6, 6.07) is 6.51. The second-order valence-corrected chi connectivity index (χ2v) is 13.1. The van der Waals surface area contributed by atoms with Crippen LogP contribution in [-0.4, -0.2) is 117 Å². The predicted molar refractivity (Wildman–Crippen MR) is 189 cm³/mol. The number of aliphatic carboxylic acids is 2. The van der Waals surface area contributed by atoms with Gasteiger partial charge in [-0.1, -0.05) is 30.4 Å². The van der Waals surface area contributed by atoms with E-state index < -0.39 is 52.3 Å². The Labute approximate surface area is 301 Å². The second-order valence-electron chi connectivity index (χ2n) is 12.0. The standard InChI is InChI=1S/C26H24N6O7S.C5H11NO2.HI/c33-18(10-14-6-2-3-7-16(14)27-22(35)17-11-19(34)30-26(39)28-17)29-20-23(36)32-21(25(37)38)15(13-40-24(20)32)12-31-8-4-1-5-9-31;1-6(2,3)4-5(7)8;/h1-8,11,20,24H,9-10,12-13H2,(H,27,35)(H,29,33)(H,37,38)(H2,28,30,34,39);4H2,1-3H3;1H/t20?,24-;;/m1../s1. The molecule has 4 heterocycles. The minimum absolute atomic E-state index is 0. The number of aromatic amines is 2. The number of likely N-dealkylation sites (N-methyl/N-ethyl adjacent to an activating group) is 1. The highest BCUT2D eigenvalue weighted by molar-refractivity contribution is 14.0. The van der Waals surface area contributed by atoms with Gasteiger partial charge in [-0.15, -0.1) is 35.7 Å². The van der Waals surface area contributed by atoms with Crippen molar-refractivity contribution in [1.82, 2.24) is 25.1 Å². The normalized spacial score (nSPS) is 17.9. The van der Waals surface area contributed by atoms with E-state index in [-0.39, 0.29) is 54.0 Å². The van der Waals surface area contributed by atoms with Crippen molar-refractivity contribution in [3.63, 3.8) is 0 Å². The van der Waals surface area contributed by atoms with Crippen LogP contribution in [0.2, 0.25) is 0 Å². The number of thioether (sulfide) groups is 1. The quantitative estimate of drug-likeness (QED) is 0.112. The van der Waals surface area contributed by atoms with Crippen LogP contribution >= 0.6 is 35.7 Å². The minimum atomic E-state index is -1.19. The summed E-state index contributed by atoms with van der Waals surface area (Å²) in [5.74, 6) is -3.55. The molecule has 0 aliphatic carbocycles. The van der Waals surface area contributed by atoms with E-state index in [1.807, 2.05) is 34.3 Å². The molecule has 1 unspecified atom stereocenters. The molecule has 0 radical (unpaired) electrons. The number of carboxylic acids is 2. The van der Waals surface area contributed by atoms with E-state index in [2.05, 4.69) is 15.6 Å². The molecule has 1 aromatic carbocycles. The van der Waals surface area contributed by atoms with Crippen molar-refractivity contribution in [2.24, 2.45) is 0 Å². The van der Waals surface area contributed by atoms with Gasteiger partial charge in [-0.25, -0.2) is 9.59 Å². The number of fused-ring (bicyclic) bond motifs is 1. The molecule has 262 valence electrons. The molecule has 1 saturated heterocycles. The molecule has 1 fully saturated rings. The van der Waals surface area contributed by atoms with Crippen LogP contribution in [0.4, 0.5) is 5.69 Å². The molecule has 2 aromatic rings. The van der Waals surface area contributed by atoms with Gasteiger partial charge in [0.2, 0.25) is 5.91 Å². The monoisotopic (exact) mass is 809 g/mol. The largest absolute Gasteiger partial charge is 0.544 e. The summed E-state index contributed by atoms with van der Waals surface area (Å²) in [7, 11) is 5.40. The predicted octanol–water partition coefficient (Wildman–Crippen LogP) is -0.957. The fourth-order valence-electron chi connectivity index (χ4n) is 5.04. The Morgan fingerprint density at radius 1 is 1.08 bits per heavy atom. The van der Waals surface area contributed by atoms with E-state index in [0.717, 1.165) is 6.07 Å². The summed E-state index contributed by atoms with van der Waals surface area (Å²) in [4.78, 5) is 90.9. The number of nitrogens with one attached hydrogen (secondary N) is 4. The molecule has 3 aliphatic rings. The minimum Gasteiger partial charge on any atom is -0.544 e. The first-order chi connectivity index (χ1) is 22.6. The zero-order valence-corrected chi connectivity index (χ0v) is 29.9. The van der Waals surface area contributed by atoms with Gasteiger partial charge in [-0.2, -0.15) is 0 Å². The first kappa shape index (κ1) is 38.8. The van der Waals surface area contributed by atoms with Gasteiger partial charge in [-0.3, -0.25) is 29.1 Å². The number of hydrogen-bond acceptors (Lipinski definition) is 10. The third-order valence-electron chi connectivity index (χ3n) is 7.07. The first-order valence-electron chi connectivity index (χ1n) is 14.6. The Kier molecular flexibility index (Phi) is 13.1. The van der Waals surface area contributed by atoms with Crippen LogP contribution in [0.15, 0.2) is 75.6 Å². The zero-order valence-electron chi connectivity index (χ0n) is 26.8. The summed E-state index contributed by atoms with van der Waals surface area (Å²) in [6.45, 7) is 1.08. The van der Waals surface area contributed by atoms with Crippen LogP contribution in [0.1, 0.15) is 16.1 Å². The lowest BCUT2D eigenvalue weighted by atomic mass is 10.0. The molecule has 0 saturated carbocycles. The molecule has 0 spiro atoms. The van der Waals surface area contributed by atoms with E-state index in [9.17, 15) is 43.8 Å². The molecule has 0 bridgehead atoms. The number of quaternary nitrogens is 1. The summed E-state index contributed by atoms with van der Waals surface area (Å²) < 4.78 is 0.419. The Morgan fingerprint density at radius 2 is 1.80 bits per heavy atom. The third kappa shape index (κ3) is 10.4. The summed E-state index contributed by atoms with van der Waals surface area (Å²) in [5, 5.41) is 24.5. The van der Waals surface area contributed by atoms with E-state index in [1.165, 1.54) is 16.7 Å². The van der Waals surface area contributed by atoms with Crippen molar-refractivity contribution < 1.29 is 38.7 Å². The number of carbonyl (C=O) groups excluding carboxylic acids is 4. The summed E-state index contributed by atoms with van der Waals surface area (Å²) in [5.41, 5.74) is -0.547. The van der Waals surface area contributed by atoms with E-state index in [4.69, 9.17) is 0 Å². The first-order valence-corrected chi connectivity index (χ1v) is 15.7. The third-order valence-corrected chi connectivity index (χ3v) is 8.41. The Balaban J connectivity index is 0.000000645. The number of carbonyl (C=O) groups is 5. The second kappa shape index (κ2) is 16.6. The number of aromatic nitrogens is 2. The van der Waals surface area contributed by atoms with Gasteiger partial charge in [0, 0.05) is 30.6 Å². The number of carboxylic acid groups (broad SMARTS) is 2. The maximum absolute atomic E-state index is 13.0. The number of benzene rings is 1. The molecular weight excluding hydrogens is 773 g/mol. The molecule has 2 atom stereocenters. The Morgan fingerprint density at radius 3 is 2.39 bits per heavy atom. The lowest BCUT2D eigenvalue weighted by Gasteiger charge is -2.49. The number of H-pyrrole nitrogens is 2. The molecule has 5 N–H and O–H groups in total. The highest BCUT2D eigenvalue weighted by Gasteiger charge is 2.54. The summed E-state index contributed by atoms with van der Waals surface area (Å²) in [6.07, 6.45) is 7.39. The topological polar surface area (TPSA) is 225 Å². The summed E-state index contributed by atoms with van der Waals surface area (Å²) >= 11 is 1.39. The maximum atomic E-state index is 13.0. The number of para-hydroxylation sites is 1. The van der Waals surface area contributed by atoms with Gasteiger partial charge in [0.05, 0.1) is 33.5 Å². The molecule has 5 rings (SSSR count). The number of allylic oxidation sites excluding steroid dienone is 2. The smallest absolute Gasteiger partial charge is 0.352 e. The lowest BCUT2D eigenvalue weighted by molar-refractivity contribution is -0.864. The lowest BCUT2D eigenvalue weighted by Crippen LogP contribution is -2.70. The van der Waals surface area contributed by atoms with Gasteiger partial charge < -0.3 is 40.0 Å². The van der Waals surface area contributed by atoms with E-state index >= 15 is 0 Å². The molecule has 18 heteroatoms. The number of rotatable bonds is 10. The van der Waals surface area contributed by atoms with Crippen LogP contribution in [-0.2, 0) is 25.6 Å². The Bertz CT molecular complexity index is 1800. The van der Waals surface area contributed by atoms with Crippen LogP contribution in [0.25, 0.3) is 0 Å². The van der Waals surface area contributed by atoms with E-state index in [0.29, 0.717) is 34.5 Å². The highest BCUT2D eigenvalue weighted by Crippen LogP contribution is 2.40. The van der Waals surface area contributed by atoms with Crippen LogP contribution < -0.4 is 27.0 Å². The van der Waals surface area contributed by atoms with Gasteiger partial charge in [0.1, 0.15) is 29.4 Å².